The molecule has 0 bridgehead atoms. The summed E-state index contributed by atoms with van der Waals surface area (Å²) in [6.07, 6.45) is 0.873. The first-order valence-electron chi connectivity index (χ1n) is 7.24. The number of hydrogen-bond acceptors (Lipinski definition) is 4. The Labute approximate surface area is 120 Å². The Morgan fingerprint density at radius 3 is 2.75 bits per heavy atom. The number of likely N-dealkylation sites (tertiary alicyclic amines) is 1. The highest BCUT2D eigenvalue weighted by atomic mass is 16.7. The van der Waals surface area contributed by atoms with Crippen molar-refractivity contribution < 1.29 is 14.3 Å². The third kappa shape index (κ3) is 4.71. The number of benzene rings is 1. The fraction of sp³-hybridized carbons (Fsp3) is 0.562. The van der Waals surface area contributed by atoms with Gasteiger partial charge >= 0.3 is 0 Å². The molecule has 0 amide bonds. The summed E-state index contributed by atoms with van der Waals surface area (Å²) in [6.45, 7) is 5.66. The second-order valence-corrected chi connectivity index (χ2v) is 5.13. The molecule has 110 valence electrons. The van der Waals surface area contributed by atoms with Gasteiger partial charge in [0.05, 0.1) is 13.2 Å². The van der Waals surface area contributed by atoms with Crippen LogP contribution in [-0.4, -0.2) is 43.8 Å². The number of piperidine rings is 1. The van der Waals surface area contributed by atoms with Crippen molar-refractivity contribution in [3.05, 3.63) is 35.9 Å². The van der Waals surface area contributed by atoms with Crippen molar-refractivity contribution in [1.29, 1.82) is 0 Å². The fourth-order valence-electron chi connectivity index (χ4n) is 2.41. The topological polar surface area (TPSA) is 38.8 Å². The monoisotopic (exact) mass is 277 g/mol. The van der Waals surface area contributed by atoms with Crippen molar-refractivity contribution in [2.45, 2.75) is 19.9 Å². The quantitative estimate of drug-likeness (QED) is 0.565. The largest absolute Gasteiger partial charge is 0.356 e. The zero-order valence-electron chi connectivity index (χ0n) is 12.1. The van der Waals surface area contributed by atoms with Crippen molar-refractivity contribution in [2.24, 2.45) is 5.92 Å². The van der Waals surface area contributed by atoms with Crippen LogP contribution in [-0.2, 0) is 20.8 Å². The highest BCUT2D eigenvalue weighted by Gasteiger charge is 2.26. The first-order valence-corrected chi connectivity index (χ1v) is 7.24. The van der Waals surface area contributed by atoms with Crippen molar-refractivity contribution in [2.75, 3.05) is 33.1 Å². The lowest BCUT2D eigenvalue weighted by Gasteiger charge is -2.30. The van der Waals surface area contributed by atoms with E-state index in [4.69, 9.17) is 9.47 Å². The lowest BCUT2D eigenvalue weighted by Crippen LogP contribution is -2.42. The van der Waals surface area contributed by atoms with Crippen molar-refractivity contribution in [3.63, 3.8) is 0 Å². The summed E-state index contributed by atoms with van der Waals surface area (Å²) in [5, 5.41) is 0. The Kier molecular flexibility index (Phi) is 6.18. The van der Waals surface area contributed by atoms with Crippen LogP contribution in [0.5, 0.6) is 0 Å². The van der Waals surface area contributed by atoms with Crippen molar-refractivity contribution in [1.82, 2.24) is 4.90 Å². The van der Waals surface area contributed by atoms with Gasteiger partial charge in [-0.1, -0.05) is 30.3 Å². The van der Waals surface area contributed by atoms with Crippen LogP contribution in [0.1, 0.15) is 18.9 Å². The third-order valence-electron chi connectivity index (χ3n) is 3.57. The molecule has 1 fully saturated rings. The molecule has 0 saturated carbocycles. The smallest absolute Gasteiger partial charge is 0.152 e. The number of carbonyl (C=O) groups is 1. The molecule has 0 radical (unpaired) electrons. The highest BCUT2D eigenvalue weighted by molar-refractivity contribution is 5.83. The standard InChI is InChI=1S/C16H23NO3/c1-2-19-13-20-12-15-8-9-17(11-16(15)18)10-14-6-4-3-5-7-14/h3-7,15H,2,8-13H2,1H3. The number of Topliss-reactive ketones (excluding diaryl/α,β-unsaturated/α-hetero) is 1. The SMILES string of the molecule is CCOCOCC1CCN(Cc2ccccc2)CC1=O. The van der Waals surface area contributed by atoms with E-state index in [1.54, 1.807) is 0 Å². The van der Waals surface area contributed by atoms with Gasteiger partial charge in [0, 0.05) is 19.1 Å². The second kappa shape index (κ2) is 8.15. The van der Waals surface area contributed by atoms with Crippen LogP contribution in [0.4, 0.5) is 0 Å². The Morgan fingerprint density at radius 2 is 2.05 bits per heavy atom. The Hall–Kier alpha value is -1.23. The number of rotatable bonds is 7. The molecule has 2 rings (SSSR count). The molecular formula is C16H23NO3. The normalized spacial score (nSPS) is 20.2. The minimum Gasteiger partial charge on any atom is -0.356 e. The lowest BCUT2D eigenvalue weighted by atomic mass is 9.96. The van der Waals surface area contributed by atoms with Gasteiger partial charge in [-0.15, -0.1) is 0 Å². The van der Waals surface area contributed by atoms with Gasteiger partial charge in [-0.2, -0.15) is 0 Å². The fourth-order valence-corrected chi connectivity index (χ4v) is 2.41. The molecule has 1 aliphatic heterocycles. The first-order chi connectivity index (χ1) is 9.79. The predicted molar refractivity (Wildman–Crippen MR) is 77.3 cm³/mol. The summed E-state index contributed by atoms with van der Waals surface area (Å²) in [7, 11) is 0. The second-order valence-electron chi connectivity index (χ2n) is 5.13. The Balaban J connectivity index is 1.73. The maximum Gasteiger partial charge on any atom is 0.152 e. The molecular weight excluding hydrogens is 254 g/mol. The number of hydrogen-bond donors (Lipinski definition) is 0. The summed E-state index contributed by atoms with van der Waals surface area (Å²) in [4.78, 5) is 14.3. The van der Waals surface area contributed by atoms with Gasteiger partial charge in [0.1, 0.15) is 6.79 Å². The molecule has 1 unspecified atom stereocenters. The predicted octanol–water partition coefficient (Wildman–Crippen LogP) is 2.09. The molecule has 0 N–H and O–H groups in total. The van der Waals surface area contributed by atoms with E-state index >= 15 is 0 Å². The van der Waals surface area contributed by atoms with E-state index < -0.39 is 0 Å². The molecule has 4 heteroatoms. The minimum atomic E-state index is 0.0301. The maximum absolute atomic E-state index is 12.1. The molecule has 0 aromatic heterocycles. The van der Waals surface area contributed by atoms with E-state index in [0.29, 0.717) is 19.8 Å². The molecule has 20 heavy (non-hydrogen) atoms. The molecule has 1 heterocycles. The number of ether oxygens (including phenoxy) is 2. The molecule has 4 nitrogen and oxygen atoms in total. The minimum absolute atomic E-state index is 0.0301. The average molecular weight is 277 g/mol. The summed E-state index contributed by atoms with van der Waals surface area (Å²) in [5.74, 6) is 0.311. The van der Waals surface area contributed by atoms with Crippen LogP contribution in [0.25, 0.3) is 0 Å². The van der Waals surface area contributed by atoms with Crippen LogP contribution >= 0.6 is 0 Å². The molecule has 1 saturated heterocycles. The van der Waals surface area contributed by atoms with Crippen LogP contribution in [0.2, 0.25) is 0 Å². The highest BCUT2D eigenvalue weighted by Crippen LogP contribution is 2.16. The van der Waals surface area contributed by atoms with Gasteiger partial charge in [0.25, 0.3) is 0 Å². The maximum atomic E-state index is 12.1. The number of nitrogens with zero attached hydrogens (tertiary/aromatic N) is 1. The van der Waals surface area contributed by atoms with Crippen molar-refractivity contribution in [3.8, 4) is 0 Å². The van der Waals surface area contributed by atoms with Crippen LogP contribution < -0.4 is 0 Å². The Bertz CT molecular complexity index is 407. The van der Waals surface area contributed by atoms with Gasteiger partial charge in [0.2, 0.25) is 0 Å². The van der Waals surface area contributed by atoms with Crippen LogP contribution in [0.3, 0.4) is 0 Å². The zero-order valence-corrected chi connectivity index (χ0v) is 12.1. The van der Waals surface area contributed by atoms with Crippen molar-refractivity contribution >= 4 is 5.78 Å². The Morgan fingerprint density at radius 1 is 1.25 bits per heavy atom. The number of carbonyl (C=O) groups excluding carboxylic acids is 1. The summed E-state index contributed by atoms with van der Waals surface area (Å²) in [5.41, 5.74) is 1.26. The van der Waals surface area contributed by atoms with Crippen LogP contribution in [0.15, 0.2) is 30.3 Å². The molecule has 1 aromatic carbocycles. The van der Waals surface area contributed by atoms with Gasteiger partial charge in [0.15, 0.2) is 5.78 Å². The zero-order chi connectivity index (χ0) is 14.2. The molecule has 1 atom stereocenters. The van der Waals surface area contributed by atoms with E-state index in [1.165, 1.54) is 5.56 Å². The van der Waals surface area contributed by atoms with Gasteiger partial charge in [-0.3, -0.25) is 9.69 Å². The molecule has 1 aromatic rings. The molecule has 0 aliphatic carbocycles. The molecule has 0 spiro atoms. The average Bonchev–Trinajstić information content (AvgIpc) is 2.46. The lowest BCUT2D eigenvalue weighted by molar-refractivity contribution is -0.132. The van der Waals surface area contributed by atoms with E-state index in [2.05, 4.69) is 17.0 Å². The summed E-state index contributed by atoms with van der Waals surface area (Å²) in [6, 6.07) is 10.3. The van der Waals surface area contributed by atoms with E-state index in [1.807, 2.05) is 25.1 Å². The van der Waals surface area contributed by atoms with Gasteiger partial charge in [-0.05, 0) is 25.5 Å². The van der Waals surface area contributed by atoms with Gasteiger partial charge < -0.3 is 9.47 Å². The van der Waals surface area contributed by atoms with E-state index in [0.717, 1.165) is 19.5 Å². The third-order valence-corrected chi connectivity index (χ3v) is 3.57. The van der Waals surface area contributed by atoms with E-state index in [-0.39, 0.29) is 18.5 Å². The van der Waals surface area contributed by atoms with Crippen LogP contribution in [0, 0.1) is 5.92 Å². The summed E-state index contributed by atoms with van der Waals surface area (Å²) < 4.78 is 10.5. The summed E-state index contributed by atoms with van der Waals surface area (Å²) >= 11 is 0. The molecule has 1 aliphatic rings. The first kappa shape index (κ1) is 15.2. The van der Waals surface area contributed by atoms with Gasteiger partial charge in [-0.25, -0.2) is 0 Å². The van der Waals surface area contributed by atoms with E-state index in [9.17, 15) is 4.79 Å². The number of ketones is 1.